The Morgan fingerprint density at radius 3 is 2.68 bits per heavy atom. The Hall–Kier alpha value is -2.48. The van der Waals surface area contributed by atoms with Gasteiger partial charge in [0.2, 0.25) is 5.91 Å². The summed E-state index contributed by atoms with van der Waals surface area (Å²) >= 11 is 0. The Kier molecular flexibility index (Phi) is 6.97. The van der Waals surface area contributed by atoms with E-state index in [2.05, 4.69) is 10.3 Å². The van der Waals surface area contributed by atoms with Crippen molar-refractivity contribution < 1.29 is 19.7 Å². The van der Waals surface area contributed by atoms with Crippen LogP contribution < -0.4 is 10.1 Å². The number of hydrogen-bond acceptors (Lipinski definition) is 6. The molecular formula is C21H27N3O4. The van der Waals surface area contributed by atoms with Crippen LogP contribution >= 0.6 is 0 Å². The zero-order valence-corrected chi connectivity index (χ0v) is 16.0. The molecule has 0 saturated carbocycles. The number of pyridine rings is 1. The predicted molar refractivity (Wildman–Crippen MR) is 105 cm³/mol. The number of aliphatic hydroxyl groups is 2. The number of benzene rings is 1. The second-order valence-electron chi connectivity index (χ2n) is 7.21. The third-order valence-electron chi connectivity index (χ3n) is 4.74. The molecule has 1 aromatic heterocycles. The highest BCUT2D eigenvalue weighted by molar-refractivity contribution is 5.73. The summed E-state index contributed by atoms with van der Waals surface area (Å²) in [5.41, 5.74) is 1.93. The highest BCUT2D eigenvalue weighted by Crippen LogP contribution is 2.18. The van der Waals surface area contributed by atoms with Crippen molar-refractivity contribution in [3.8, 4) is 5.75 Å². The number of β-amino-alcohol motifs (C(OH)–C–C–N with tert-alkyl or cyclic N) is 2. The molecule has 7 nitrogen and oxygen atoms in total. The standard InChI is InChI=1S/C21H27N3O4/c1-15(25)23-20-10-18(26)12-24(13-21(20)27)11-16-5-7-19(8-6-16)28-14-17-4-2-3-9-22-17/h2-9,18,20-21,26-27H,10-14H2,1H3,(H,23,25)/t18-,20-,21-/m1/s1. The normalized spacial score (nSPS) is 23.0. The summed E-state index contributed by atoms with van der Waals surface area (Å²) in [7, 11) is 0. The molecule has 150 valence electrons. The number of amides is 1. The zero-order valence-electron chi connectivity index (χ0n) is 16.0. The number of carbonyl (C=O) groups is 1. The van der Waals surface area contributed by atoms with Gasteiger partial charge in [0.15, 0.2) is 0 Å². The van der Waals surface area contributed by atoms with Gasteiger partial charge < -0.3 is 20.3 Å². The van der Waals surface area contributed by atoms with Crippen molar-refractivity contribution in [3.05, 3.63) is 59.9 Å². The fourth-order valence-corrected chi connectivity index (χ4v) is 3.42. The van der Waals surface area contributed by atoms with Crippen molar-refractivity contribution in [2.75, 3.05) is 13.1 Å². The molecule has 0 unspecified atom stereocenters. The Balaban J connectivity index is 1.55. The van der Waals surface area contributed by atoms with E-state index in [0.29, 0.717) is 32.7 Å². The molecule has 1 saturated heterocycles. The molecule has 3 N–H and O–H groups in total. The Labute approximate surface area is 165 Å². The van der Waals surface area contributed by atoms with Crippen LogP contribution in [0.15, 0.2) is 48.7 Å². The van der Waals surface area contributed by atoms with Gasteiger partial charge in [-0.1, -0.05) is 18.2 Å². The lowest BCUT2D eigenvalue weighted by atomic mass is 10.1. The second-order valence-corrected chi connectivity index (χ2v) is 7.21. The van der Waals surface area contributed by atoms with Gasteiger partial charge in [-0.25, -0.2) is 0 Å². The average molecular weight is 385 g/mol. The molecule has 1 aliphatic rings. The Morgan fingerprint density at radius 1 is 1.21 bits per heavy atom. The summed E-state index contributed by atoms with van der Waals surface area (Å²) in [4.78, 5) is 17.5. The molecule has 1 aromatic carbocycles. The molecule has 1 fully saturated rings. The summed E-state index contributed by atoms with van der Waals surface area (Å²) in [5.74, 6) is 0.557. The number of aliphatic hydroxyl groups excluding tert-OH is 2. The van der Waals surface area contributed by atoms with Crippen LogP contribution in [0, 0.1) is 0 Å². The summed E-state index contributed by atoms with van der Waals surface area (Å²) in [6.07, 6.45) is 0.761. The molecule has 2 heterocycles. The van der Waals surface area contributed by atoms with Crippen molar-refractivity contribution in [1.82, 2.24) is 15.2 Å². The van der Waals surface area contributed by atoms with Crippen LogP contribution in [-0.2, 0) is 17.9 Å². The van der Waals surface area contributed by atoms with Crippen LogP contribution in [0.1, 0.15) is 24.6 Å². The number of ether oxygens (including phenoxy) is 1. The van der Waals surface area contributed by atoms with Gasteiger partial charge in [0.05, 0.1) is 23.9 Å². The first-order chi connectivity index (χ1) is 13.5. The zero-order chi connectivity index (χ0) is 19.9. The minimum atomic E-state index is -0.720. The summed E-state index contributed by atoms with van der Waals surface area (Å²) in [6, 6.07) is 13.0. The van der Waals surface area contributed by atoms with Gasteiger partial charge in [0.1, 0.15) is 12.4 Å². The van der Waals surface area contributed by atoms with E-state index >= 15 is 0 Å². The number of nitrogens with one attached hydrogen (secondary N) is 1. The van der Waals surface area contributed by atoms with E-state index in [-0.39, 0.29) is 5.91 Å². The quantitative estimate of drug-likeness (QED) is 0.689. The maximum atomic E-state index is 11.3. The van der Waals surface area contributed by atoms with Crippen LogP contribution in [0.2, 0.25) is 0 Å². The van der Waals surface area contributed by atoms with Crippen molar-refractivity contribution in [2.24, 2.45) is 0 Å². The lowest BCUT2D eigenvalue weighted by molar-refractivity contribution is -0.120. The molecule has 3 rings (SSSR count). The average Bonchev–Trinajstić information content (AvgIpc) is 2.79. The summed E-state index contributed by atoms with van der Waals surface area (Å²) < 4.78 is 5.75. The number of hydrogen-bond donors (Lipinski definition) is 3. The number of aromatic nitrogens is 1. The van der Waals surface area contributed by atoms with Crippen molar-refractivity contribution in [3.63, 3.8) is 0 Å². The van der Waals surface area contributed by atoms with Gasteiger partial charge in [0, 0.05) is 32.8 Å². The maximum absolute atomic E-state index is 11.3. The third kappa shape index (κ3) is 6.02. The molecule has 0 bridgehead atoms. The minimum absolute atomic E-state index is 0.203. The largest absolute Gasteiger partial charge is 0.487 e. The lowest BCUT2D eigenvalue weighted by Gasteiger charge is -2.25. The van der Waals surface area contributed by atoms with E-state index in [4.69, 9.17) is 4.74 Å². The van der Waals surface area contributed by atoms with E-state index < -0.39 is 18.2 Å². The van der Waals surface area contributed by atoms with Gasteiger partial charge in [-0.2, -0.15) is 0 Å². The Morgan fingerprint density at radius 2 is 2.00 bits per heavy atom. The van der Waals surface area contributed by atoms with Crippen LogP contribution in [0.25, 0.3) is 0 Å². The maximum Gasteiger partial charge on any atom is 0.217 e. The number of carbonyl (C=O) groups excluding carboxylic acids is 1. The monoisotopic (exact) mass is 385 g/mol. The first-order valence-electron chi connectivity index (χ1n) is 9.47. The van der Waals surface area contributed by atoms with E-state index in [1.54, 1.807) is 6.20 Å². The fourth-order valence-electron chi connectivity index (χ4n) is 3.42. The van der Waals surface area contributed by atoms with Crippen LogP contribution in [0.5, 0.6) is 5.75 Å². The van der Waals surface area contributed by atoms with Crippen LogP contribution in [0.4, 0.5) is 0 Å². The SMILES string of the molecule is CC(=O)N[C@@H]1C[C@@H](O)CN(Cc2ccc(OCc3ccccn3)cc2)C[C@H]1O. The molecule has 0 spiro atoms. The molecule has 1 aliphatic heterocycles. The van der Waals surface area contributed by atoms with E-state index in [1.165, 1.54) is 6.92 Å². The second kappa shape index (κ2) is 9.64. The highest BCUT2D eigenvalue weighted by atomic mass is 16.5. The first kappa shape index (κ1) is 20.3. The van der Waals surface area contributed by atoms with E-state index in [0.717, 1.165) is 17.0 Å². The molecule has 2 aromatic rings. The van der Waals surface area contributed by atoms with E-state index in [1.807, 2.05) is 47.4 Å². The predicted octanol–water partition coefficient (Wildman–Crippen LogP) is 1.09. The molecule has 0 radical (unpaired) electrons. The van der Waals surface area contributed by atoms with Gasteiger partial charge in [-0.3, -0.25) is 14.7 Å². The lowest BCUT2D eigenvalue weighted by Crippen LogP contribution is -2.45. The smallest absolute Gasteiger partial charge is 0.217 e. The van der Waals surface area contributed by atoms with E-state index in [9.17, 15) is 15.0 Å². The van der Waals surface area contributed by atoms with Crippen molar-refractivity contribution >= 4 is 5.91 Å². The first-order valence-corrected chi connectivity index (χ1v) is 9.47. The number of rotatable bonds is 6. The summed E-state index contributed by atoms with van der Waals surface area (Å²) in [5, 5.41) is 23.3. The topological polar surface area (TPSA) is 94.9 Å². The van der Waals surface area contributed by atoms with Gasteiger partial charge in [-0.15, -0.1) is 0 Å². The number of nitrogens with zero attached hydrogens (tertiary/aromatic N) is 2. The molecule has 28 heavy (non-hydrogen) atoms. The highest BCUT2D eigenvalue weighted by Gasteiger charge is 2.30. The molecule has 1 amide bonds. The van der Waals surface area contributed by atoms with Crippen molar-refractivity contribution in [2.45, 2.75) is 44.7 Å². The van der Waals surface area contributed by atoms with Crippen LogP contribution in [-0.4, -0.2) is 57.3 Å². The van der Waals surface area contributed by atoms with Gasteiger partial charge in [0.25, 0.3) is 0 Å². The van der Waals surface area contributed by atoms with Crippen molar-refractivity contribution in [1.29, 1.82) is 0 Å². The number of likely N-dealkylation sites (tertiary alicyclic amines) is 1. The van der Waals surface area contributed by atoms with Gasteiger partial charge >= 0.3 is 0 Å². The fraction of sp³-hybridized carbons (Fsp3) is 0.429. The third-order valence-corrected chi connectivity index (χ3v) is 4.74. The molecular weight excluding hydrogens is 358 g/mol. The molecule has 7 heteroatoms. The molecule has 3 atom stereocenters. The Bertz CT molecular complexity index is 754. The molecule has 0 aliphatic carbocycles. The minimum Gasteiger partial charge on any atom is -0.487 e. The summed E-state index contributed by atoms with van der Waals surface area (Å²) in [6.45, 7) is 3.26. The van der Waals surface area contributed by atoms with Crippen LogP contribution in [0.3, 0.4) is 0 Å². The van der Waals surface area contributed by atoms with Gasteiger partial charge in [-0.05, 0) is 36.2 Å².